The van der Waals surface area contributed by atoms with E-state index in [1.54, 1.807) is 29.2 Å². The summed E-state index contributed by atoms with van der Waals surface area (Å²) < 4.78 is 0. The molecule has 0 bridgehead atoms. The fraction of sp³-hybridized carbons (Fsp3) is 0.417. The number of amides is 2. The largest absolute Gasteiger partial charge is 0.372 e. The highest BCUT2D eigenvalue weighted by atomic mass is 35.5. The van der Waals surface area contributed by atoms with Gasteiger partial charge in [0.1, 0.15) is 0 Å². The Morgan fingerprint density at radius 1 is 0.867 bits per heavy atom. The summed E-state index contributed by atoms with van der Waals surface area (Å²) in [5.74, 6) is -0.263. The van der Waals surface area contributed by atoms with E-state index in [-0.39, 0.29) is 17.7 Å². The Morgan fingerprint density at radius 2 is 1.57 bits per heavy atom. The fourth-order valence-corrected chi connectivity index (χ4v) is 4.43. The van der Waals surface area contributed by atoms with Crippen molar-refractivity contribution in [1.29, 1.82) is 0 Å². The lowest BCUT2D eigenvalue weighted by Crippen LogP contribution is -2.43. The van der Waals surface area contributed by atoms with Crippen LogP contribution in [0.15, 0.2) is 48.5 Å². The Labute approximate surface area is 183 Å². The zero-order valence-electron chi connectivity index (χ0n) is 17.1. The second-order valence-corrected chi connectivity index (χ2v) is 8.62. The summed E-state index contributed by atoms with van der Waals surface area (Å²) in [7, 11) is 0. The highest BCUT2D eigenvalue weighted by Crippen LogP contribution is 2.24. The summed E-state index contributed by atoms with van der Waals surface area (Å²) in [5, 5.41) is 3.64. The minimum Gasteiger partial charge on any atom is -0.372 e. The van der Waals surface area contributed by atoms with E-state index in [0.29, 0.717) is 23.7 Å². The topological polar surface area (TPSA) is 52.7 Å². The van der Waals surface area contributed by atoms with Crippen molar-refractivity contribution in [2.45, 2.75) is 32.1 Å². The van der Waals surface area contributed by atoms with Crippen LogP contribution in [0.3, 0.4) is 0 Å². The van der Waals surface area contributed by atoms with E-state index in [0.717, 1.165) is 31.6 Å². The summed E-state index contributed by atoms with van der Waals surface area (Å²) in [6, 6.07) is 15.0. The number of rotatable bonds is 4. The van der Waals surface area contributed by atoms with Crippen LogP contribution < -0.4 is 10.2 Å². The highest BCUT2D eigenvalue weighted by Gasteiger charge is 2.29. The molecule has 0 aliphatic carbocycles. The molecule has 2 fully saturated rings. The summed E-state index contributed by atoms with van der Waals surface area (Å²) in [6.45, 7) is 3.32. The number of piperidine rings is 2. The van der Waals surface area contributed by atoms with Crippen molar-refractivity contribution >= 4 is 34.8 Å². The van der Waals surface area contributed by atoms with E-state index in [2.05, 4.69) is 22.3 Å². The molecule has 2 amide bonds. The smallest absolute Gasteiger partial charge is 0.253 e. The second kappa shape index (κ2) is 9.52. The van der Waals surface area contributed by atoms with Gasteiger partial charge in [0.25, 0.3) is 5.91 Å². The molecule has 1 unspecified atom stereocenters. The molecule has 2 saturated heterocycles. The quantitative estimate of drug-likeness (QED) is 0.763. The highest BCUT2D eigenvalue weighted by molar-refractivity contribution is 6.30. The van der Waals surface area contributed by atoms with E-state index in [1.165, 1.54) is 24.9 Å². The fourth-order valence-electron chi connectivity index (χ4n) is 4.30. The van der Waals surface area contributed by atoms with Crippen LogP contribution in [0.5, 0.6) is 0 Å². The molecular formula is C24H28ClN3O2. The van der Waals surface area contributed by atoms with Crippen LogP contribution in [0.4, 0.5) is 11.4 Å². The molecule has 30 heavy (non-hydrogen) atoms. The van der Waals surface area contributed by atoms with Crippen LogP contribution in [0.1, 0.15) is 42.5 Å². The number of anilines is 2. The normalized spacial score (nSPS) is 19.4. The van der Waals surface area contributed by atoms with Gasteiger partial charge in [0.15, 0.2) is 0 Å². The third kappa shape index (κ3) is 4.96. The molecule has 2 aromatic carbocycles. The van der Waals surface area contributed by atoms with Gasteiger partial charge in [-0.1, -0.05) is 11.6 Å². The average molecular weight is 426 g/mol. The summed E-state index contributed by atoms with van der Waals surface area (Å²) >= 11 is 5.92. The lowest BCUT2D eigenvalue weighted by molar-refractivity contribution is -0.121. The Kier molecular flexibility index (Phi) is 6.58. The lowest BCUT2D eigenvalue weighted by Gasteiger charge is -2.32. The van der Waals surface area contributed by atoms with Gasteiger partial charge in [-0.2, -0.15) is 0 Å². The van der Waals surface area contributed by atoms with Gasteiger partial charge in [-0.25, -0.2) is 0 Å². The van der Waals surface area contributed by atoms with Gasteiger partial charge in [0.2, 0.25) is 5.91 Å². The molecule has 2 aromatic rings. The lowest BCUT2D eigenvalue weighted by atomic mass is 9.96. The van der Waals surface area contributed by atoms with Gasteiger partial charge in [0.05, 0.1) is 5.92 Å². The maximum Gasteiger partial charge on any atom is 0.253 e. The van der Waals surface area contributed by atoms with E-state index >= 15 is 0 Å². The second-order valence-electron chi connectivity index (χ2n) is 8.18. The van der Waals surface area contributed by atoms with Crippen molar-refractivity contribution < 1.29 is 9.59 Å². The van der Waals surface area contributed by atoms with Crippen LogP contribution in [-0.2, 0) is 4.79 Å². The van der Waals surface area contributed by atoms with Gasteiger partial charge in [-0.3, -0.25) is 9.59 Å². The van der Waals surface area contributed by atoms with Crippen LogP contribution in [-0.4, -0.2) is 42.9 Å². The number of benzene rings is 2. The number of carbonyl (C=O) groups excluding carboxylic acids is 2. The molecule has 2 aliphatic heterocycles. The predicted octanol–water partition coefficient (Wildman–Crippen LogP) is 4.82. The van der Waals surface area contributed by atoms with E-state index in [1.807, 2.05) is 12.1 Å². The first kappa shape index (κ1) is 20.7. The molecule has 6 heteroatoms. The third-order valence-corrected chi connectivity index (χ3v) is 6.28. The maximum atomic E-state index is 12.8. The number of likely N-dealkylation sites (tertiary alicyclic amines) is 1. The Bertz CT molecular complexity index is 876. The van der Waals surface area contributed by atoms with Crippen molar-refractivity contribution in [3.63, 3.8) is 0 Å². The maximum absolute atomic E-state index is 12.8. The standard InChI is InChI=1S/C24H28ClN3O2/c25-20-8-6-18(7-9-20)24(30)28-16-4-5-19(17-28)23(29)26-21-10-12-22(13-11-21)27-14-2-1-3-15-27/h6-13,19H,1-5,14-17H2,(H,26,29). The summed E-state index contributed by atoms with van der Waals surface area (Å²) in [4.78, 5) is 29.8. The summed E-state index contributed by atoms with van der Waals surface area (Å²) in [6.07, 6.45) is 5.41. The molecule has 2 heterocycles. The Balaban J connectivity index is 1.35. The minimum atomic E-state index is -0.197. The number of hydrogen-bond acceptors (Lipinski definition) is 3. The van der Waals surface area contributed by atoms with Gasteiger partial charge in [0, 0.05) is 48.1 Å². The van der Waals surface area contributed by atoms with Crippen LogP contribution in [0.2, 0.25) is 5.02 Å². The number of nitrogens with one attached hydrogen (secondary N) is 1. The molecule has 0 spiro atoms. The predicted molar refractivity (Wildman–Crippen MR) is 121 cm³/mol. The van der Waals surface area contributed by atoms with E-state index < -0.39 is 0 Å². The van der Waals surface area contributed by atoms with Gasteiger partial charge in [-0.15, -0.1) is 0 Å². The monoisotopic (exact) mass is 425 g/mol. The molecule has 2 aliphatic rings. The average Bonchev–Trinajstić information content (AvgIpc) is 2.80. The SMILES string of the molecule is O=C(Nc1ccc(N2CCCCC2)cc1)C1CCCN(C(=O)c2ccc(Cl)cc2)C1. The Hall–Kier alpha value is -2.53. The van der Waals surface area contributed by atoms with E-state index in [4.69, 9.17) is 11.6 Å². The number of hydrogen-bond donors (Lipinski definition) is 1. The van der Waals surface area contributed by atoms with Crippen LogP contribution in [0.25, 0.3) is 0 Å². The number of halogens is 1. The summed E-state index contributed by atoms with van der Waals surface area (Å²) in [5.41, 5.74) is 2.63. The Morgan fingerprint density at radius 3 is 2.27 bits per heavy atom. The molecule has 158 valence electrons. The number of nitrogens with zero attached hydrogens (tertiary/aromatic N) is 2. The molecule has 4 rings (SSSR count). The molecule has 0 aromatic heterocycles. The molecule has 0 saturated carbocycles. The van der Waals surface area contributed by atoms with Gasteiger partial charge < -0.3 is 15.1 Å². The first-order valence-electron chi connectivity index (χ1n) is 10.8. The minimum absolute atomic E-state index is 0.0191. The molecule has 5 nitrogen and oxygen atoms in total. The van der Waals surface area contributed by atoms with Gasteiger partial charge >= 0.3 is 0 Å². The van der Waals surface area contributed by atoms with Crippen molar-refractivity contribution in [2.24, 2.45) is 5.92 Å². The van der Waals surface area contributed by atoms with Crippen molar-refractivity contribution in [2.75, 3.05) is 36.4 Å². The van der Waals surface area contributed by atoms with Crippen LogP contribution in [0, 0.1) is 5.92 Å². The van der Waals surface area contributed by atoms with Crippen molar-refractivity contribution in [3.05, 3.63) is 59.1 Å². The molecular weight excluding hydrogens is 398 g/mol. The molecule has 1 N–H and O–H groups in total. The van der Waals surface area contributed by atoms with E-state index in [9.17, 15) is 9.59 Å². The van der Waals surface area contributed by atoms with Crippen molar-refractivity contribution in [1.82, 2.24) is 4.90 Å². The first-order chi connectivity index (χ1) is 14.6. The number of carbonyl (C=O) groups is 2. The molecule has 1 atom stereocenters. The zero-order chi connectivity index (χ0) is 20.9. The zero-order valence-corrected chi connectivity index (χ0v) is 17.9. The van der Waals surface area contributed by atoms with Crippen LogP contribution >= 0.6 is 11.6 Å². The third-order valence-electron chi connectivity index (χ3n) is 6.03. The van der Waals surface area contributed by atoms with Gasteiger partial charge in [-0.05, 0) is 80.6 Å². The molecule has 0 radical (unpaired) electrons. The first-order valence-corrected chi connectivity index (χ1v) is 11.2. The van der Waals surface area contributed by atoms with Crippen molar-refractivity contribution in [3.8, 4) is 0 Å².